The maximum absolute atomic E-state index is 12.1. The molecule has 0 radical (unpaired) electrons. The molecule has 2 aliphatic rings. The van der Waals surface area contributed by atoms with Gasteiger partial charge >= 0.3 is 7.12 Å². The number of aromatic nitrogens is 1. The van der Waals surface area contributed by atoms with Gasteiger partial charge in [-0.25, -0.2) is 0 Å². The maximum Gasteiger partial charge on any atom is 0.496 e. The quantitative estimate of drug-likeness (QED) is 0.791. The first-order chi connectivity index (χ1) is 10.7. The predicted molar refractivity (Wildman–Crippen MR) is 89.4 cm³/mol. The van der Waals surface area contributed by atoms with Gasteiger partial charge in [-0.05, 0) is 46.6 Å². The van der Waals surface area contributed by atoms with Crippen LogP contribution in [0.3, 0.4) is 0 Å². The van der Waals surface area contributed by atoms with Gasteiger partial charge in [0.2, 0.25) is 5.91 Å². The number of amides is 1. The van der Waals surface area contributed by atoms with Crippen LogP contribution in [-0.4, -0.2) is 47.2 Å². The highest BCUT2D eigenvalue weighted by molar-refractivity contribution is 6.62. The van der Waals surface area contributed by atoms with Gasteiger partial charge in [0.15, 0.2) is 0 Å². The Morgan fingerprint density at radius 2 is 1.87 bits per heavy atom. The van der Waals surface area contributed by atoms with Crippen molar-refractivity contribution in [1.29, 1.82) is 0 Å². The standard InChI is InChI=1S/C17H25BN2O3/c1-16(2)17(3,4)23-18(22-16)12-6-7-13(19-11-12)10-15(21)20(5)14-8-9-14/h6-7,11,14H,8-10H2,1-5H3. The fraction of sp³-hybridized carbons (Fsp3) is 0.647. The molecule has 1 aromatic rings. The number of carbonyl (C=O) groups excluding carboxylic acids is 1. The van der Waals surface area contributed by atoms with E-state index in [-0.39, 0.29) is 17.1 Å². The van der Waals surface area contributed by atoms with Crippen LogP contribution in [0.5, 0.6) is 0 Å². The largest absolute Gasteiger partial charge is 0.496 e. The molecule has 2 heterocycles. The first-order valence-electron chi connectivity index (χ1n) is 8.26. The molecular weight excluding hydrogens is 291 g/mol. The van der Waals surface area contributed by atoms with Crippen molar-refractivity contribution in [1.82, 2.24) is 9.88 Å². The minimum absolute atomic E-state index is 0.128. The van der Waals surface area contributed by atoms with Crippen molar-refractivity contribution < 1.29 is 14.1 Å². The number of hydrogen-bond donors (Lipinski definition) is 0. The molecule has 0 aromatic carbocycles. The molecule has 3 rings (SSSR count). The van der Waals surface area contributed by atoms with Crippen molar-refractivity contribution >= 4 is 18.5 Å². The van der Waals surface area contributed by atoms with E-state index in [2.05, 4.69) is 4.98 Å². The van der Waals surface area contributed by atoms with Gasteiger partial charge in [0.25, 0.3) is 0 Å². The summed E-state index contributed by atoms with van der Waals surface area (Å²) in [6.07, 6.45) is 4.34. The van der Waals surface area contributed by atoms with Crippen molar-refractivity contribution in [2.24, 2.45) is 0 Å². The first-order valence-corrected chi connectivity index (χ1v) is 8.26. The van der Waals surface area contributed by atoms with Gasteiger partial charge in [-0.1, -0.05) is 6.07 Å². The molecule has 23 heavy (non-hydrogen) atoms. The monoisotopic (exact) mass is 316 g/mol. The summed E-state index contributed by atoms with van der Waals surface area (Å²) in [7, 11) is 1.46. The summed E-state index contributed by atoms with van der Waals surface area (Å²) in [5.74, 6) is 0.128. The molecule has 0 bridgehead atoms. The van der Waals surface area contributed by atoms with E-state index in [1.54, 1.807) is 6.20 Å². The molecule has 0 atom stereocenters. The van der Waals surface area contributed by atoms with Crippen molar-refractivity contribution in [3.63, 3.8) is 0 Å². The Labute approximate surface area is 138 Å². The zero-order valence-electron chi connectivity index (χ0n) is 14.6. The third kappa shape index (κ3) is 3.28. The van der Waals surface area contributed by atoms with Gasteiger partial charge < -0.3 is 14.2 Å². The maximum atomic E-state index is 12.1. The minimum atomic E-state index is -0.411. The van der Waals surface area contributed by atoms with Gasteiger partial charge in [0, 0.05) is 30.4 Å². The predicted octanol–water partition coefficient (Wildman–Crippen LogP) is 1.54. The highest BCUT2D eigenvalue weighted by Crippen LogP contribution is 2.36. The molecule has 5 nitrogen and oxygen atoms in total. The zero-order valence-corrected chi connectivity index (χ0v) is 14.6. The van der Waals surface area contributed by atoms with Crippen LogP contribution in [0.25, 0.3) is 0 Å². The second kappa shape index (κ2) is 5.60. The summed E-state index contributed by atoms with van der Waals surface area (Å²) < 4.78 is 12.0. The van der Waals surface area contributed by atoms with E-state index in [1.807, 2.05) is 51.8 Å². The lowest BCUT2D eigenvalue weighted by molar-refractivity contribution is -0.129. The molecule has 124 valence electrons. The van der Waals surface area contributed by atoms with E-state index < -0.39 is 7.12 Å². The van der Waals surface area contributed by atoms with E-state index in [0.29, 0.717) is 12.5 Å². The molecule has 0 N–H and O–H groups in total. The van der Waals surface area contributed by atoms with Crippen LogP contribution >= 0.6 is 0 Å². The Morgan fingerprint density at radius 1 is 1.26 bits per heavy atom. The summed E-state index contributed by atoms with van der Waals surface area (Å²) >= 11 is 0. The molecule has 2 fully saturated rings. The Kier molecular flexibility index (Phi) is 4.01. The third-order valence-corrected chi connectivity index (χ3v) is 5.19. The summed E-state index contributed by atoms with van der Waals surface area (Å²) in [5, 5.41) is 0. The van der Waals surface area contributed by atoms with Gasteiger partial charge in [0.1, 0.15) is 0 Å². The van der Waals surface area contributed by atoms with E-state index in [4.69, 9.17) is 9.31 Å². The molecular formula is C17H25BN2O3. The Balaban J connectivity index is 1.65. The number of pyridine rings is 1. The Morgan fingerprint density at radius 3 is 2.35 bits per heavy atom. The lowest BCUT2D eigenvalue weighted by Gasteiger charge is -2.32. The molecule has 0 spiro atoms. The lowest BCUT2D eigenvalue weighted by Crippen LogP contribution is -2.41. The van der Waals surface area contributed by atoms with E-state index in [1.165, 1.54) is 0 Å². The number of carbonyl (C=O) groups is 1. The van der Waals surface area contributed by atoms with Gasteiger partial charge in [-0.15, -0.1) is 0 Å². The van der Waals surface area contributed by atoms with Crippen molar-refractivity contribution in [2.45, 2.75) is 64.2 Å². The average molecular weight is 316 g/mol. The molecule has 1 saturated heterocycles. The fourth-order valence-corrected chi connectivity index (χ4v) is 2.60. The lowest BCUT2D eigenvalue weighted by atomic mass is 9.80. The third-order valence-electron chi connectivity index (χ3n) is 5.19. The smallest absolute Gasteiger partial charge is 0.399 e. The average Bonchev–Trinajstić information content (AvgIpc) is 3.27. The van der Waals surface area contributed by atoms with Crippen molar-refractivity contribution in [2.75, 3.05) is 7.05 Å². The molecule has 6 heteroatoms. The van der Waals surface area contributed by atoms with Crippen LogP contribution in [0.1, 0.15) is 46.2 Å². The molecule has 0 unspecified atom stereocenters. The molecule has 1 aliphatic heterocycles. The first kappa shape index (κ1) is 16.5. The zero-order chi connectivity index (χ0) is 16.8. The summed E-state index contributed by atoms with van der Waals surface area (Å²) in [6.45, 7) is 8.12. The summed E-state index contributed by atoms with van der Waals surface area (Å²) in [4.78, 5) is 18.4. The second-order valence-corrected chi connectivity index (χ2v) is 7.58. The molecule has 1 amide bonds. The normalized spacial score (nSPS) is 22.2. The molecule has 1 aliphatic carbocycles. The second-order valence-electron chi connectivity index (χ2n) is 7.58. The number of nitrogens with zero attached hydrogens (tertiary/aromatic N) is 2. The number of hydrogen-bond acceptors (Lipinski definition) is 4. The highest BCUT2D eigenvalue weighted by atomic mass is 16.7. The Bertz CT molecular complexity index is 580. The van der Waals surface area contributed by atoms with Crippen LogP contribution in [-0.2, 0) is 20.5 Å². The minimum Gasteiger partial charge on any atom is -0.399 e. The van der Waals surface area contributed by atoms with Crippen LogP contribution in [0.4, 0.5) is 0 Å². The fourth-order valence-electron chi connectivity index (χ4n) is 2.60. The topological polar surface area (TPSA) is 51.7 Å². The molecule has 1 saturated carbocycles. The van der Waals surface area contributed by atoms with Crippen LogP contribution in [0.2, 0.25) is 0 Å². The Hall–Kier alpha value is -1.40. The van der Waals surface area contributed by atoms with Crippen LogP contribution < -0.4 is 5.46 Å². The van der Waals surface area contributed by atoms with Crippen LogP contribution in [0, 0.1) is 0 Å². The number of likely N-dealkylation sites (N-methyl/N-ethyl adjacent to an activating group) is 1. The van der Waals surface area contributed by atoms with E-state index >= 15 is 0 Å². The molecule has 1 aromatic heterocycles. The van der Waals surface area contributed by atoms with Crippen molar-refractivity contribution in [3.8, 4) is 0 Å². The highest BCUT2D eigenvalue weighted by Gasteiger charge is 2.51. The van der Waals surface area contributed by atoms with E-state index in [0.717, 1.165) is 24.0 Å². The summed E-state index contributed by atoms with van der Waals surface area (Å²) in [5.41, 5.74) is 0.941. The summed E-state index contributed by atoms with van der Waals surface area (Å²) in [6, 6.07) is 4.26. The van der Waals surface area contributed by atoms with Crippen LogP contribution in [0.15, 0.2) is 18.3 Å². The van der Waals surface area contributed by atoms with Gasteiger partial charge in [-0.2, -0.15) is 0 Å². The SMILES string of the molecule is CN(C(=O)Cc1ccc(B2OC(C)(C)C(C)(C)O2)cn1)C1CC1. The van der Waals surface area contributed by atoms with Gasteiger partial charge in [0.05, 0.1) is 17.6 Å². The number of rotatable bonds is 4. The van der Waals surface area contributed by atoms with Crippen molar-refractivity contribution in [3.05, 3.63) is 24.0 Å². The van der Waals surface area contributed by atoms with E-state index in [9.17, 15) is 4.79 Å². The van der Waals surface area contributed by atoms with Gasteiger partial charge in [-0.3, -0.25) is 9.78 Å².